The lowest BCUT2D eigenvalue weighted by Gasteiger charge is -2.45. The predicted molar refractivity (Wildman–Crippen MR) is 152 cm³/mol. The summed E-state index contributed by atoms with van der Waals surface area (Å²) in [5, 5.41) is 10.1. The normalized spacial score (nSPS) is 20.8. The van der Waals surface area contributed by atoms with Gasteiger partial charge in [0.2, 0.25) is 0 Å². The van der Waals surface area contributed by atoms with E-state index in [0.29, 0.717) is 22.4 Å². The Kier molecular flexibility index (Phi) is 12.3. The molecular formula is C31H36O14. The first-order valence-corrected chi connectivity index (χ1v) is 13.8. The number of carbonyl (C=O) groups is 5. The molecule has 2 aromatic rings. The predicted octanol–water partition coefficient (Wildman–Crippen LogP) is 2.20. The van der Waals surface area contributed by atoms with Crippen molar-refractivity contribution in [2.75, 3.05) is 34.5 Å². The third kappa shape index (κ3) is 9.16. The molecule has 0 unspecified atom stereocenters. The molecule has 244 valence electrons. The Morgan fingerprint density at radius 1 is 0.800 bits per heavy atom. The van der Waals surface area contributed by atoms with Crippen molar-refractivity contribution in [2.45, 2.75) is 57.7 Å². The minimum absolute atomic E-state index is 0.0141. The molecule has 2 aromatic carbocycles. The highest BCUT2D eigenvalue weighted by Gasteiger charge is 2.53. The Balaban J connectivity index is 2.14. The van der Waals surface area contributed by atoms with E-state index >= 15 is 0 Å². The lowest BCUT2D eigenvalue weighted by Crippen LogP contribution is -2.59. The van der Waals surface area contributed by atoms with Crippen LogP contribution in [-0.2, 0) is 58.8 Å². The highest BCUT2D eigenvalue weighted by Crippen LogP contribution is 2.41. The quantitative estimate of drug-likeness (QED) is 0.266. The third-order valence-corrected chi connectivity index (χ3v) is 6.69. The lowest BCUT2D eigenvalue weighted by atomic mass is 9.88. The largest absolute Gasteiger partial charge is 0.507 e. The van der Waals surface area contributed by atoms with Crippen LogP contribution < -0.4 is 4.74 Å². The van der Waals surface area contributed by atoms with Crippen LogP contribution in [-0.4, -0.2) is 93.9 Å². The number of rotatable bonds is 12. The minimum Gasteiger partial charge on any atom is -0.507 e. The van der Waals surface area contributed by atoms with Crippen molar-refractivity contribution < 1.29 is 67.0 Å². The summed E-state index contributed by atoms with van der Waals surface area (Å²) < 4.78 is 43.5. The number of esters is 5. The van der Waals surface area contributed by atoms with E-state index in [9.17, 15) is 29.1 Å². The molecule has 0 amide bonds. The summed E-state index contributed by atoms with van der Waals surface area (Å²) in [7, 11) is 3.90. The first kappa shape index (κ1) is 34.8. The van der Waals surface area contributed by atoms with E-state index in [2.05, 4.69) is 0 Å². The molecule has 14 heteroatoms. The van der Waals surface area contributed by atoms with Crippen LogP contribution in [0.2, 0.25) is 0 Å². The number of phenolic OH excluding ortho intramolecular Hbond substituents is 1. The first-order chi connectivity index (χ1) is 21.4. The molecule has 3 rings (SSSR count). The second-order valence-corrected chi connectivity index (χ2v) is 10.0. The molecule has 1 fully saturated rings. The van der Waals surface area contributed by atoms with Crippen LogP contribution in [0.1, 0.15) is 53.9 Å². The maximum absolute atomic E-state index is 12.7. The molecule has 0 saturated carbocycles. The highest BCUT2D eigenvalue weighted by atomic mass is 16.7. The van der Waals surface area contributed by atoms with Crippen molar-refractivity contribution in [1.82, 2.24) is 0 Å². The van der Waals surface area contributed by atoms with Crippen LogP contribution in [0.4, 0.5) is 0 Å². The fourth-order valence-corrected chi connectivity index (χ4v) is 4.91. The van der Waals surface area contributed by atoms with E-state index in [1.807, 2.05) is 0 Å². The van der Waals surface area contributed by atoms with Gasteiger partial charge in [0, 0.05) is 33.4 Å². The van der Waals surface area contributed by atoms with Crippen molar-refractivity contribution >= 4 is 29.8 Å². The van der Waals surface area contributed by atoms with Gasteiger partial charge in [-0.2, -0.15) is 0 Å². The Bertz CT molecular complexity index is 1400. The minimum atomic E-state index is -1.42. The smallest absolute Gasteiger partial charge is 0.341 e. The maximum atomic E-state index is 12.7. The molecule has 0 aliphatic carbocycles. The van der Waals surface area contributed by atoms with Crippen LogP contribution in [0.3, 0.4) is 0 Å². The number of hydrogen-bond donors (Lipinski definition) is 1. The lowest BCUT2D eigenvalue weighted by molar-refractivity contribution is -0.255. The monoisotopic (exact) mass is 632 g/mol. The second-order valence-electron chi connectivity index (χ2n) is 10.0. The van der Waals surface area contributed by atoms with E-state index in [0.717, 1.165) is 13.8 Å². The first-order valence-electron chi connectivity index (χ1n) is 13.8. The molecular weight excluding hydrogens is 596 g/mol. The van der Waals surface area contributed by atoms with Gasteiger partial charge < -0.3 is 43.0 Å². The molecule has 1 aliphatic rings. The summed E-state index contributed by atoms with van der Waals surface area (Å²) in [5.74, 6) is -3.65. The Labute approximate surface area is 259 Å². The van der Waals surface area contributed by atoms with Crippen LogP contribution in [0.5, 0.6) is 11.5 Å². The van der Waals surface area contributed by atoms with Gasteiger partial charge in [-0.25, -0.2) is 9.59 Å². The molecule has 1 saturated heterocycles. The van der Waals surface area contributed by atoms with Gasteiger partial charge in [0.15, 0.2) is 18.3 Å². The average molecular weight is 633 g/mol. The van der Waals surface area contributed by atoms with Crippen molar-refractivity contribution in [3.63, 3.8) is 0 Å². The van der Waals surface area contributed by atoms with E-state index in [-0.39, 0.29) is 17.7 Å². The standard InChI is InChI=1S/C31H36O14/c1-16(32)41-14-25-28(42-17(2)33)30(45-26(36)15-38-4)29(43-18(3)34)27(44-25)22-13-20(8-10-24(22)39-5)11-19-7-9-23(35)21(12-19)31(37)40-6/h7-10,12-13,25,27-30,35H,11,14-15H2,1-6H3/t25-,27+,28+,29+,30+/m1/s1. The van der Waals surface area contributed by atoms with Crippen molar-refractivity contribution in [2.24, 2.45) is 0 Å². The van der Waals surface area contributed by atoms with Gasteiger partial charge in [-0.1, -0.05) is 12.1 Å². The Hall–Kier alpha value is -4.69. The van der Waals surface area contributed by atoms with E-state index in [1.54, 1.807) is 24.3 Å². The summed E-state index contributed by atoms with van der Waals surface area (Å²) >= 11 is 0. The molecule has 14 nitrogen and oxygen atoms in total. The zero-order valence-corrected chi connectivity index (χ0v) is 25.7. The summed E-state index contributed by atoms with van der Waals surface area (Å²) in [6.45, 7) is 2.59. The molecule has 0 aromatic heterocycles. The zero-order valence-electron chi connectivity index (χ0n) is 25.7. The molecule has 1 aliphatic heterocycles. The Morgan fingerprint density at radius 2 is 1.44 bits per heavy atom. The van der Waals surface area contributed by atoms with Crippen LogP contribution >= 0.6 is 0 Å². The fourth-order valence-electron chi connectivity index (χ4n) is 4.91. The fraction of sp³-hybridized carbons (Fsp3) is 0.452. The molecule has 0 radical (unpaired) electrons. The van der Waals surface area contributed by atoms with Crippen molar-refractivity contribution in [1.29, 1.82) is 0 Å². The van der Waals surface area contributed by atoms with Crippen molar-refractivity contribution in [3.05, 3.63) is 58.7 Å². The molecule has 0 bridgehead atoms. The average Bonchev–Trinajstić information content (AvgIpc) is 2.98. The SMILES string of the molecule is COCC(=O)O[C@H]1[C@@H](OC(C)=O)[C@@H](COC(C)=O)O[C@@H](c2cc(Cc3ccc(O)c(C(=O)OC)c3)ccc2OC)[C@@H]1OC(C)=O. The van der Waals surface area contributed by atoms with Crippen molar-refractivity contribution in [3.8, 4) is 11.5 Å². The highest BCUT2D eigenvalue weighted by molar-refractivity contribution is 5.92. The number of carbonyl (C=O) groups excluding carboxylic acids is 5. The number of ether oxygens (including phenoxy) is 8. The van der Waals surface area contributed by atoms with Gasteiger partial charge in [0.1, 0.15) is 42.5 Å². The number of benzene rings is 2. The topological polar surface area (TPSA) is 179 Å². The zero-order chi connectivity index (χ0) is 33.3. The molecule has 5 atom stereocenters. The van der Waals surface area contributed by atoms with Gasteiger partial charge in [-0.3, -0.25) is 14.4 Å². The van der Waals surface area contributed by atoms with E-state index in [4.69, 9.17) is 37.9 Å². The third-order valence-electron chi connectivity index (χ3n) is 6.69. The number of methoxy groups -OCH3 is 3. The van der Waals surface area contributed by atoms with Gasteiger partial charge in [0.05, 0.1) is 14.2 Å². The summed E-state index contributed by atoms with van der Waals surface area (Å²) in [6, 6.07) is 9.60. The van der Waals surface area contributed by atoms with E-state index in [1.165, 1.54) is 40.4 Å². The van der Waals surface area contributed by atoms with E-state index < -0.39 is 73.6 Å². The second kappa shape index (κ2) is 15.9. The number of aromatic hydroxyl groups is 1. The van der Waals surface area contributed by atoms with Gasteiger partial charge in [-0.05, 0) is 41.8 Å². The number of hydrogen-bond acceptors (Lipinski definition) is 14. The van der Waals surface area contributed by atoms with Crippen LogP contribution in [0.15, 0.2) is 36.4 Å². The molecule has 1 N–H and O–H groups in total. The molecule has 0 spiro atoms. The molecule has 45 heavy (non-hydrogen) atoms. The maximum Gasteiger partial charge on any atom is 0.341 e. The molecule has 1 heterocycles. The van der Waals surface area contributed by atoms with Crippen LogP contribution in [0.25, 0.3) is 0 Å². The summed E-state index contributed by atoms with van der Waals surface area (Å²) in [4.78, 5) is 61.0. The van der Waals surface area contributed by atoms with Gasteiger partial charge in [-0.15, -0.1) is 0 Å². The van der Waals surface area contributed by atoms with Gasteiger partial charge >= 0.3 is 29.8 Å². The summed E-state index contributed by atoms with van der Waals surface area (Å²) in [5.41, 5.74) is 1.68. The van der Waals surface area contributed by atoms with Crippen LogP contribution in [0, 0.1) is 0 Å². The number of phenols is 1. The Morgan fingerprint density at radius 3 is 2.04 bits per heavy atom. The van der Waals surface area contributed by atoms with Gasteiger partial charge in [0.25, 0.3) is 0 Å². The summed E-state index contributed by atoms with van der Waals surface area (Å²) in [6.07, 6.45) is -6.25.